The smallest absolute Gasteiger partial charge is 0.0542 e. The molecule has 0 aliphatic heterocycles. The Hall–Kier alpha value is -1.92. The monoisotopic (exact) mass is 552 g/mol. The summed E-state index contributed by atoms with van der Waals surface area (Å²) in [6.45, 7) is 4.25. The lowest BCUT2D eigenvalue weighted by Gasteiger charge is -2.00. The van der Waals surface area contributed by atoms with Gasteiger partial charge in [-0.25, -0.2) is 0 Å². The van der Waals surface area contributed by atoms with Crippen LogP contribution >= 0.6 is 68.5 Å². The minimum atomic E-state index is 0.780. The summed E-state index contributed by atoms with van der Waals surface area (Å²) in [6, 6.07) is 17.2. The highest BCUT2D eigenvalue weighted by molar-refractivity contribution is 7.36. The van der Waals surface area contributed by atoms with Gasteiger partial charge in [0.1, 0.15) is 0 Å². The van der Waals surface area contributed by atoms with Crippen LogP contribution in [0, 0.1) is 13.8 Å². The Bertz CT molecular complexity index is 1620. The first-order valence-corrected chi connectivity index (χ1v) is 14.7. The molecule has 0 saturated carbocycles. The van der Waals surface area contributed by atoms with Crippen molar-refractivity contribution in [2.75, 3.05) is 0 Å². The SMILES string of the molecule is Cc1ccc(/C=C/c2cc3sc4c5cc(Cl)c(/C=C/c6ccc(C)s6)cc5sc4c3cc2Cl)s1. The molecule has 4 aromatic heterocycles. The zero-order chi connectivity index (χ0) is 23.4. The summed E-state index contributed by atoms with van der Waals surface area (Å²) in [7, 11) is 0. The molecule has 0 bridgehead atoms. The van der Waals surface area contributed by atoms with Crippen molar-refractivity contribution in [3.05, 3.63) is 89.2 Å². The normalized spacial score (nSPS) is 12.5. The van der Waals surface area contributed by atoms with Crippen molar-refractivity contribution < 1.29 is 0 Å². The van der Waals surface area contributed by atoms with Gasteiger partial charge in [-0.3, -0.25) is 0 Å². The van der Waals surface area contributed by atoms with Crippen LogP contribution in [0.4, 0.5) is 0 Å². The molecule has 168 valence electrons. The maximum absolute atomic E-state index is 6.71. The fourth-order valence-electron chi connectivity index (χ4n) is 4.01. The van der Waals surface area contributed by atoms with E-state index in [1.165, 1.54) is 49.1 Å². The third kappa shape index (κ3) is 4.17. The van der Waals surface area contributed by atoms with Crippen molar-refractivity contribution >= 4 is 122 Å². The fraction of sp³-hybridized carbons (Fsp3) is 0.0714. The second-order valence-electron chi connectivity index (χ2n) is 8.17. The first kappa shape index (κ1) is 22.5. The summed E-state index contributed by atoms with van der Waals surface area (Å²) < 4.78 is 5.07. The van der Waals surface area contributed by atoms with Crippen LogP contribution in [0.25, 0.3) is 53.9 Å². The van der Waals surface area contributed by atoms with E-state index in [1.807, 2.05) is 22.7 Å². The first-order chi connectivity index (χ1) is 16.4. The highest BCUT2D eigenvalue weighted by atomic mass is 35.5. The Morgan fingerprint density at radius 3 is 1.38 bits per heavy atom. The summed E-state index contributed by atoms with van der Waals surface area (Å²) in [5.41, 5.74) is 2.10. The molecule has 2 aromatic carbocycles. The molecule has 0 N–H and O–H groups in total. The van der Waals surface area contributed by atoms with Gasteiger partial charge in [0.25, 0.3) is 0 Å². The minimum absolute atomic E-state index is 0.780. The molecule has 6 aromatic rings. The molecule has 0 unspecified atom stereocenters. The number of aryl methyl sites for hydroxylation is 2. The molecule has 6 heteroatoms. The molecule has 4 heterocycles. The molecule has 0 nitrogen and oxygen atoms in total. The Balaban J connectivity index is 1.41. The van der Waals surface area contributed by atoms with Crippen LogP contribution in [0.3, 0.4) is 0 Å². The molecular weight excluding hydrogens is 535 g/mol. The van der Waals surface area contributed by atoms with Crippen molar-refractivity contribution in [2.24, 2.45) is 0 Å². The van der Waals surface area contributed by atoms with E-state index in [0.29, 0.717) is 0 Å². The van der Waals surface area contributed by atoms with Crippen LogP contribution in [-0.4, -0.2) is 0 Å². The van der Waals surface area contributed by atoms with Crippen molar-refractivity contribution in [3.63, 3.8) is 0 Å². The number of halogens is 2. The van der Waals surface area contributed by atoms with Gasteiger partial charge in [0, 0.05) is 49.7 Å². The lowest BCUT2D eigenvalue weighted by molar-refractivity contribution is 1.64. The predicted molar refractivity (Wildman–Crippen MR) is 161 cm³/mol. The highest BCUT2D eigenvalue weighted by Crippen LogP contribution is 2.46. The van der Waals surface area contributed by atoms with Gasteiger partial charge in [0.2, 0.25) is 0 Å². The van der Waals surface area contributed by atoms with Crippen molar-refractivity contribution in [1.82, 2.24) is 0 Å². The molecule has 0 fully saturated rings. The minimum Gasteiger partial charge on any atom is -0.141 e. The van der Waals surface area contributed by atoms with E-state index in [2.05, 4.69) is 86.7 Å². The molecular formula is C28H18Cl2S4. The van der Waals surface area contributed by atoms with E-state index in [1.54, 1.807) is 22.7 Å². The summed E-state index contributed by atoms with van der Waals surface area (Å²) >= 11 is 20.6. The van der Waals surface area contributed by atoms with E-state index < -0.39 is 0 Å². The molecule has 0 radical (unpaired) electrons. The van der Waals surface area contributed by atoms with Crippen LogP contribution in [0.5, 0.6) is 0 Å². The van der Waals surface area contributed by atoms with Gasteiger partial charge >= 0.3 is 0 Å². The van der Waals surface area contributed by atoms with Gasteiger partial charge in [-0.1, -0.05) is 35.4 Å². The second kappa shape index (κ2) is 8.94. The van der Waals surface area contributed by atoms with Crippen molar-refractivity contribution in [2.45, 2.75) is 13.8 Å². The van der Waals surface area contributed by atoms with Gasteiger partial charge in [-0.15, -0.1) is 45.3 Å². The maximum atomic E-state index is 6.71. The third-order valence-corrected chi connectivity index (χ3v) is 10.8. The van der Waals surface area contributed by atoms with E-state index in [-0.39, 0.29) is 0 Å². The standard InChI is InChI=1S/C28H18Cl2S4/c1-15-3-7-19(31-15)9-5-17-11-25-21(13-23(17)29)27-28(33-25)22-14-24(30)18(12-26(22)34-27)6-10-20-8-4-16(2)32-20/h3-14H,1-2H3/b9-5+,10-6+. The van der Waals surface area contributed by atoms with E-state index in [4.69, 9.17) is 23.2 Å². The molecule has 0 aliphatic rings. The van der Waals surface area contributed by atoms with Gasteiger partial charge in [0.05, 0.1) is 9.40 Å². The third-order valence-electron chi connectivity index (χ3n) is 5.69. The van der Waals surface area contributed by atoms with Gasteiger partial charge in [0.15, 0.2) is 0 Å². The molecule has 0 atom stereocenters. The first-order valence-electron chi connectivity index (χ1n) is 10.7. The number of rotatable bonds is 4. The number of thiophene rings is 4. The Kier molecular flexibility index (Phi) is 5.93. The maximum Gasteiger partial charge on any atom is 0.0542 e. The lowest BCUT2D eigenvalue weighted by Crippen LogP contribution is -1.75. The van der Waals surface area contributed by atoms with Crippen molar-refractivity contribution in [3.8, 4) is 0 Å². The summed E-state index contributed by atoms with van der Waals surface area (Å²) in [4.78, 5) is 5.09. The Morgan fingerprint density at radius 2 is 1.00 bits per heavy atom. The Labute approximate surface area is 224 Å². The van der Waals surface area contributed by atoms with Crippen molar-refractivity contribution in [1.29, 1.82) is 0 Å². The van der Waals surface area contributed by atoms with Gasteiger partial charge in [-0.05, 0) is 85.7 Å². The van der Waals surface area contributed by atoms with Crippen LogP contribution in [0.15, 0.2) is 48.5 Å². The lowest BCUT2D eigenvalue weighted by atomic mass is 10.1. The fourth-order valence-corrected chi connectivity index (χ4v) is 8.72. The summed E-state index contributed by atoms with van der Waals surface area (Å²) in [6.07, 6.45) is 8.51. The van der Waals surface area contributed by atoms with Crippen LogP contribution < -0.4 is 0 Å². The molecule has 0 spiro atoms. The summed E-state index contributed by atoms with van der Waals surface area (Å²) in [5.74, 6) is 0. The zero-order valence-corrected chi connectivity index (χ0v) is 23.1. The van der Waals surface area contributed by atoms with E-state index in [0.717, 1.165) is 21.2 Å². The van der Waals surface area contributed by atoms with Crippen LogP contribution in [0.1, 0.15) is 30.6 Å². The zero-order valence-electron chi connectivity index (χ0n) is 18.3. The average Bonchev–Trinajstić information content (AvgIpc) is 3.56. The highest BCUT2D eigenvalue weighted by Gasteiger charge is 2.15. The number of benzene rings is 2. The largest absolute Gasteiger partial charge is 0.141 e. The quantitative estimate of drug-likeness (QED) is 0.204. The number of hydrogen-bond acceptors (Lipinski definition) is 4. The molecule has 6 rings (SSSR count). The second-order valence-corrected chi connectivity index (χ2v) is 13.7. The molecule has 0 saturated heterocycles. The topological polar surface area (TPSA) is 0 Å². The Morgan fingerprint density at radius 1 is 0.559 bits per heavy atom. The molecule has 0 aliphatic carbocycles. The average molecular weight is 554 g/mol. The van der Waals surface area contributed by atoms with E-state index in [9.17, 15) is 0 Å². The molecule has 0 amide bonds. The number of fused-ring (bicyclic) bond motifs is 5. The molecule has 34 heavy (non-hydrogen) atoms. The summed E-state index contributed by atoms with van der Waals surface area (Å²) in [5, 5.41) is 4.00. The van der Waals surface area contributed by atoms with E-state index >= 15 is 0 Å². The van der Waals surface area contributed by atoms with Gasteiger partial charge in [-0.2, -0.15) is 0 Å². The predicted octanol–water partition coefficient (Wildman–Crippen LogP) is 11.7. The van der Waals surface area contributed by atoms with Crippen LogP contribution in [-0.2, 0) is 0 Å². The van der Waals surface area contributed by atoms with Gasteiger partial charge < -0.3 is 0 Å². The number of hydrogen-bond donors (Lipinski definition) is 0. The van der Waals surface area contributed by atoms with Crippen LogP contribution in [0.2, 0.25) is 10.0 Å².